The van der Waals surface area contributed by atoms with Crippen LogP contribution in [0.1, 0.15) is 18.7 Å². The van der Waals surface area contributed by atoms with Crippen molar-refractivity contribution in [1.29, 1.82) is 0 Å². The normalized spacial score (nSPS) is 16.2. The highest BCUT2D eigenvalue weighted by Gasteiger charge is 2.13. The molecule has 2 heterocycles. The van der Waals surface area contributed by atoms with Crippen molar-refractivity contribution in [2.45, 2.75) is 19.3 Å². The zero-order chi connectivity index (χ0) is 9.80. The summed E-state index contributed by atoms with van der Waals surface area (Å²) < 4.78 is 0. The molecule has 76 valence electrons. The van der Waals surface area contributed by atoms with Crippen LogP contribution in [0.5, 0.6) is 0 Å². The van der Waals surface area contributed by atoms with Crippen molar-refractivity contribution >= 4 is 5.82 Å². The highest BCUT2D eigenvalue weighted by Crippen LogP contribution is 2.16. The minimum absolute atomic E-state index is 0.615. The summed E-state index contributed by atoms with van der Waals surface area (Å²) >= 11 is 0. The van der Waals surface area contributed by atoms with Crippen molar-refractivity contribution in [3.8, 4) is 0 Å². The minimum atomic E-state index is 0.615. The van der Waals surface area contributed by atoms with E-state index in [9.17, 15) is 0 Å². The highest BCUT2D eigenvalue weighted by molar-refractivity contribution is 5.38. The molecule has 4 nitrogen and oxygen atoms in total. The first-order valence-electron chi connectivity index (χ1n) is 5.17. The second-order valence-electron chi connectivity index (χ2n) is 3.56. The molecule has 0 radical (unpaired) electrons. The zero-order valence-corrected chi connectivity index (χ0v) is 8.32. The molecule has 0 bridgehead atoms. The second kappa shape index (κ2) is 4.37. The highest BCUT2D eigenvalue weighted by atomic mass is 15.2. The van der Waals surface area contributed by atoms with Gasteiger partial charge in [0, 0.05) is 25.7 Å². The van der Waals surface area contributed by atoms with Crippen LogP contribution in [-0.4, -0.2) is 29.6 Å². The van der Waals surface area contributed by atoms with Crippen LogP contribution in [0.25, 0.3) is 0 Å². The maximum absolute atomic E-state index is 5.47. The first kappa shape index (κ1) is 9.40. The van der Waals surface area contributed by atoms with Gasteiger partial charge in [-0.2, -0.15) is 0 Å². The number of hydrogen-bond acceptors (Lipinski definition) is 4. The summed E-state index contributed by atoms with van der Waals surface area (Å²) in [6.07, 6.45) is 5.14. The molecular weight excluding hydrogens is 176 g/mol. The third-order valence-corrected chi connectivity index (χ3v) is 2.49. The summed E-state index contributed by atoms with van der Waals surface area (Å²) in [5, 5.41) is 0. The third-order valence-electron chi connectivity index (χ3n) is 2.49. The van der Waals surface area contributed by atoms with E-state index in [1.807, 2.05) is 12.3 Å². The largest absolute Gasteiger partial charge is 0.357 e. The smallest absolute Gasteiger partial charge is 0.132 e. The molecule has 0 amide bonds. The van der Waals surface area contributed by atoms with Crippen molar-refractivity contribution in [2.75, 3.05) is 24.5 Å². The van der Waals surface area contributed by atoms with Crippen molar-refractivity contribution < 1.29 is 0 Å². The molecule has 1 fully saturated rings. The summed E-state index contributed by atoms with van der Waals surface area (Å²) in [5.41, 5.74) is 5.47. The lowest BCUT2D eigenvalue weighted by atomic mass is 10.4. The van der Waals surface area contributed by atoms with Crippen LogP contribution >= 0.6 is 0 Å². The standard InChI is InChI=1S/C10H16N4/c11-5-3-9-12-6-4-10(13-9)14-7-1-2-8-14/h4,6H,1-3,5,7-8,11H2. The van der Waals surface area contributed by atoms with Gasteiger partial charge in [-0.05, 0) is 25.5 Å². The molecule has 0 unspecified atom stereocenters. The predicted molar refractivity (Wildman–Crippen MR) is 56.2 cm³/mol. The SMILES string of the molecule is NCCc1nccc(N2CCCC2)n1. The molecule has 2 N–H and O–H groups in total. The van der Waals surface area contributed by atoms with Crippen LogP contribution in [0.4, 0.5) is 5.82 Å². The monoisotopic (exact) mass is 192 g/mol. The molecule has 1 aromatic rings. The van der Waals surface area contributed by atoms with E-state index >= 15 is 0 Å². The molecule has 1 aromatic heterocycles. The molecular formula is C10H16N4. The predicted octanol–water partition coefficient (Wildman–Crippen LogP) is 0.578. The lowest BCUT2D eigenvalue weighted by molar-refractivity contribution is 0.842. The van der Waals surface area contributed by atoms with Gasteiger partial charge in [-0.3, -0.25) is 0 Å². The van der Waals surface area contributed by atoms with E-state index < -0.39 is 0 Å². The fourth-order valence-corrected chi connectivity index (χ4v) is 1.76. The fraction of sp³-hybridized carbons (Fsp3) is 0.600. The van der Waals surface area contributed by atoms with E-state index in [4.69, 9.17) is 5.73 Å². The van der Waals surface area contributed by atoms with Gasteiger partial charge >= 0.3 is 0 Å². The van der Waals surface area contributed by atoms with Crippen molar-refractivity contribution in [3.05, 3.63) is 18.1 Å². The number of nitrogens with two attached hydrogens (primary N) is 1. The van der Waals surface area contributed by atoms with Gasteiger partial charge in [-0.25, -0.2) is 9.97 Å². The molecule has 0 aliphatic carbocycles. The Bertz CT molecular complexity index is 294. The van der Waals surface area contributed by atoms with Gasteiger partial charge in [0.2, 0.25) is 0 Å². The average Bonchev–Trinajstić information content (AvgIpc) is 2.71. The molecule has 1 saturated heterocycles. The van der Waals surface area contributed by atoms with Gasteiger partial charge in [0.15, 0.2) is 0 Å². The fourth-order valence-electron chi connectivity index (χ4n) is 1.76. The molecule has 1 aliphatic heterocycles. The number of nitrogens with zero attached hydrogens (tertiary/aromatic N) is 3. The van der Waals surface area contributed by atoms with Crippen LogP contribution < -0.4 is 10.6 Å². The van der Waals surface area contributed by atoms with Crippen molar-refractivity contribution in [3.63, 3.8) is 0 Å². The maximum atomic E-state index is 5.47. The van der Waals surface area contributed by atoms with E-state index in [-0.39, 0.29) is 0 Å². The summed E-state index contributed by atoms with van der Waals surface area (Å²) in [6, 6.07) is 1.98. The first-order valence-corrected chi connectivity index (χ1v) is 5.17. The first-order chi connectivity index (χ1) is 6.90. The Kier molecular flexibility index (Phi) is 2.93. The Labute approximate surface area is 84.2 Å². The number of anilines is 1. The Hall–Kier alpha value is -1.16. The number of rotatable bonds is 3. The summed E-state index contributed by atoms with van der Waals surface area (Å²) in [6.45, 7) is 2.86. The van der Waals surface area contributed by atoms with Gasteiger partial charge in [0.25, 0.3) is 0 Å². The van der Waals surface area contributed by atoms with Gasteiger partial charge < -0.3 is 10.6 Å². The molecule has 0 spiro atoms. The topological polar surface area (TPSA) is 55.0 Å². The van der Waals surface area contributed by atoms with Gasteiger partial charge in [-0.15, -0.1) is 0 Å². The van der Waals surface area contributed by atoms with Gasteiger partial charge in [0.1, 0.15) is 11.6 Å². The molecule has 0 atom stereocenters. The molecule has 4 heteroatoms. The van der Waals surface area contributed by atoms with Crippen LogP contribution in [0.3, 0.4) is 0 Å². The Balaban J connectivity index is 2.12. The van der Waals surface area contributed by atoms with E-state index in [1.165, 1.54) is 12.8 Å². The lowest BCUT2D eigenvalue weighted by Crippen LogP contribution is -2.20. The van der Waals surface area contributed by atoms with Crippen LogP contribution in [-0.2, 0) is 6.42 Å². The maximum Gasteiger partial charge on any atom is 0.132 e. The summed E-state index contributed by atoms with van der Waals surface area (Å²) in [7, 11) is 0. The van der Waals surface area contributed by atoms with Crippen molar-refractivity contribution in [1.82, 2.24) is 9.97 Å². The van der Waals surface area contributed by atoms with Gasteiger partial charge in [0.05, 0.1) is 0 Å². The van der Waals surface area contributed by atoms with Crippen LogP contribution in [0.2, 0.25) is 0 Å². The molecule has 0 saturated carbocycles. The van der Waals surface area contributed by atoms with Crippen molar-refractivity contribution in [2.24, 2.45) is 5.73 Å². The third kappa shape index (κ3) is 2.01. The molecule has 2 rings (SSSR count). The van der Waals surface area contributed by atoms with E-state index in [2.05, 4.69) is 14.9 Å². The van der Waals surface area contributed by atoms with Crippen LogP contribution in [0, 0.1) is 0 Å². The lowest BCUT2D eigenvalue weighted by Gasteiger charge is -2.16. The van der Waals surface area contributed by atoms with E-state index in [1.54, 1.807) is 0 Å². The molecule has 0 aromatic carbocycles. The number of aromatic nitrogens is 2. The number of hydrogen-bond donors (Lipinski definition) is 1. The quantitative estimate of drug-likeness (QED) is 0.761. The van der Waals surface area contributed by atoms with E-state index in [0.717, 1.165) is 31.2 Å². The Morgan fingerprint density at radius 3 is 2.86 bits per heavy atom. The molecule has 1 aliphatic rings. The Morgan fingerprint density at radius 1 is 1.36 bits per heavy atom. The molecule has 14 heavy (non-hydrogen) atoms. The average molecular weight is 192 g/mol. The Morgan fingerprint density at radius 2 is 2.14 bits per heavy atom. The second-order valence-corrected chi connectivity index (χ2v) is 3.56. The summed E-state index contributed by atoms with van der Waals surface area (Å²) in [5.74, 6) is 1.91. The minimum Gasteiger partial charge on any atom is -0.357 e. The van der Waals surface area contributed by atoms with E-state index in [0.29, 0.717) is 6.54 Å². The van der Waals surface area contributed by atoms with Gasteiger partial charge in [-0.1, -0.05) is 0 Å². The zero-order valence-electron chi connectivity index (χ0n) is 8.32. The summed E-state index contributed by atoms with van der Waals surface area (Å²) in [4.78, 5) is 11.0. The van der Waals surface area contributed by atoms with Crippen LogP contribution in [0.15, 0.2) is 12.3 Å².